The molecule has 2 aromatic rings. The van der Waals surface area contributed by atoms with Gasteiger partial charge in [-0.1, -0.05) is 100 Å². The van der Waals surface area contributed by atoms with Crippen LogP contribution in [0, 0.1) is 18.8 Å². The number of likely N-dealkylation sites (N-methyl/N-ethyl adjacent to an activating group) is 1. The number of nitrogens with one attached hydrogen (secondary N) is 1. The van der Waals surface area contributed by atoms with Crippen LogP contribution < -0.4 is 5.32 Å². The molecule has 1 unspecified atom stereocenters. The third kappa shape index (κ3) is 7.49. The Morgan fingerprint density at radius 2 is 1.70 bits per heavy atom. The normalized spacial score (nSPS) is 21.4. The number of nitrogens with zero attached hydrogens (tertiary/aromatic N) is 2. The summed E-state index contributed by atoms with van der Waals surface area (Å²) < 4.78 is 0. The molecule has 0 aromatic heterocycles. The van der Waals surface area contributed by atoms with E-state index in [0.717, 1.165) is 31.1 Å². The average Bonchev–Trinajstić information content (AvgIpc) is 3.29. The molecule has 2 fully saturated rings. The van der Waals surface area contributed by atoms with Crippen molar-refractivity contribution in [1.82, 2.24) is 15.1 Å². The van der Waals surface area contributed by atoms with Gasteiger partial charge < -0.3 is 15.1 Å². The summed E-state index contributed by atoms with van der Waals surface area (Å²) in [7, 11) is 4.48. The number of piperidine rings is 1. The van der Waals surface area contributed by atoms with Crippen LogP contribution in [-0.2, 0) is 12.8 Å². The Balaban J connectivity index is 0.00000188. The highest BCUT2D eigenvalue weighted by molar-refractivity contribution is 5.85. The number of likely N-dealkylation sites (tertiary alicyclic amines) is 1. The monoisotopic (exact) mass is 591 g/mol. The van der Waals surface area contributed by atoms with E-state index in [0.29, 0.717) is 5.92 Å². The minimum atomic E-state index is 0.261. The summed E-state index contributed by atoms with van der Waals surface area (Å²) >= 11 is 0. The van der Waals surface area contributed by atoms with Gasteiger partial charge in [-0.15, -0.1) is 0 Å². The first-order valence-corrected chi connectivity index (χ1v) is 17.5. The van der Waals surface area contributed by atoms with E-state index in [9.17, 15) is 0 Å². The van der Waals surface area contributed by atoms with Crippen molar-refractivity contribution in [2.45, 2.75) is 84.1 Å². The topological polar surface area (TPSA) is 18.5 Å². The second-order valence-electron chi connectivity index (χ2n) is 13.8. The van der Waals surface area contributed by atoms with Crippen molar-refractivity contribution >= 4 is 11.3 Å². The summed E-state index contributed by atoms with van der Waals surface area (Å²) in [5.41, 5.74) is 11.3. The summed E-state index contributed by atoms with van der Waals surface area (Å²) in [5.74, 6) is 1.28. The number of hydrogen-bond acceptors (Lipinski definition) is 3. The predicted molar refractivity (Wildman–Crippen MR) is 191 cm³/mol. The Labute approximate surface area is 268 Å². The van der Waals surface area contributed by atoms with Crippen LogP contribution in [-0.4, -0.2) is 55.6 Å². The summed E-state index contributed by atoms with van der Waals surface area (Å²) in [5, 5.41) is 3.72. The van der Waals surface area contributed by atoms with E-state index in [4.69, 9.17) is 0 Å². The minimum absolute atomic E-state index is 0.261. The second-order valence-corrected chi connectivity index (χ2v) is 13.8. The smallest absolute Gasteiger partial charge is 0.0375 e. The molecule has 2 aromatic carbocycles. The molecule has 236 valence electrons. The maximum absolute atomic E-state index is 4.43. The van der Waals surface area contributed by atoms with Gasteiger partial charge in [0, 0.05) is 30.2 Å². The number of fused-ring (bicyclic) bond motifs is 2. The highest BCUT2D eigenvalue weighted by Gasteiger charge is 2.34. The fourth-order valence-electron chi connectivity index (χ4n) is 7.86. The molecule has 4 aliphatic rings. The third-order valence-electron chi connectivity index (χ3n) is 10.8. The maximum atomic E-state index is 4.43. The van der Waals surface area contributed by atoms with Crippen molar-refractivity contribution in [1.29, 1.82) is 0 Å². The first-order valence-electron chi connectivity index (χ1n) is 17.5. The number of allylic oxidation sites excluding steroid dienone is 4. The van der Waals surface area contributed by atoms with Gasteiger partial charge in [-0.05, 0) is 124 Å². The minimum Gasteiger partial charge on any atom is -0.383 e. The summed E-state index contributed by atoms with van der Waals surface area (Å²) in [4.78, 5) is 5.14. The van der Waals surface area contributed by atoms with Gasteiger partial charge in [0.15, 0.2) is 0 Å². The molecular formula is C41H57N3. The largest absolute Gasteiger partial charge is 0.383 e. The van der Waals surface area contributed by atoms with Crippen LogP contribution in [0.4, 0.5) is 0 Å². The number of rotatable bonds is 9. The predicted octanol–water partition coefficient (Wildman–Crippen LogP) is 8.85. The van der Waals surface area contributed by atoms with Crippen LogP contribution in [0.25, 0.3) is 11.3 Å². The molecule has 3 heteroatoms. The van der Waals surface area contributed by atoms with Crippen LogP contribution in [0.5, 0.6) is 0 Å². The van der Waals surface area contributed by atoms with Crippen LogP contribution >= 0.6 is 0 Å². The molecule has 1 atom stereocenters. The van der Waals surface area contributed by atoms with Gasteiger partial charge >= 0.3 is 0 Å². The molecule has 1 N–H and O–H groups in total. The van der Waals surface area contributed by atoms with Crippen molar-refractivity contribution < 1.29 is 0 Å². The van der Waals surface area contributed by atoms with Crippen LogP contribution in [0.3, 0.4) is 0 Å². The number of hydrogen-bond donors (Lipinski definition) is 1. The van der Waals surface area contributed by atoms with Crippen molar-refractivity contribution in [3.63, 3.8) is 0 Å². The molecule has 6 rings (SSSR count). The Hall–Kier alpha value is -2.88. The number of benzene rings is 2. The zero-order valence-electron chi connectivity index (χ0n) is 28.3. The molecule has 1 heterocycles. The Kier molecular flexibility index (Phi) is 11.0. The first kappa shape index (κ1) is 32.5. The second kappa shape index (κ2) is 14.9. The molecule has 0 bridgehead atoms. The quantitative estimate of drug-likeness (QED) is 0.314. The molecule has 0 amide bonds. The van der Waals surface area contributed by atoms with Crippen LogP contribution in [0.15, 0.2) is 78.9 Å². The Morgan fingerprint density at radius 3 is 2.43 bits per heavy atom. The van der Waals surface area contributed by atoms with Crippen LogP contribution in [0.2, 0.25) is 0 Å². The average molecular weight is 592 g/mol. The zero-order chi connectivity index (χ0) is 31.1. The molecule has 3 nitrogen and oxygen atoms in total. The summed E-state index contributed by atoms with van der Waals surface area (Å²) in [6.07, 6.45) is 21.1. The molecule has 3 aliphatic carbocycles. The van der Waals surface area contributed by atoms with Gasteiger partial charge in [0.2, 0.25) is 0 Å². The zero-order valence-corrected chi connectivity index (χ0v) is 28.3. The Bertz CT molecular complexity index is 1360. The Morgan fingerprint density at radius 1 is 0.977 bits per heavy atom. The van der Waals surface area contributed by atoms with Crippen LogP contribution in [0.1, 0.15) is 86.6 Å². The van der Waals surface area contributed by atoms with E-state index >= 15 is 0 Å². The van der Waals surface area contributed by atoms with Crippen molar-refractivity contribution in [2.75, 3.05) is 40.3 Å². The lowest BCUT2D eigenvalue weighted by Crippen LogP contribution is -2.52. The standard InChI is InChI=1S/C39H51N3.C2H6/c1-29-24-34(30(2)40-28-39(41(3)4)20-8-5-9-21-39)16-15-33(29)25-31-18-22-42(23-19-31)27-32-12-14-36-26-35-10-6-7-11-37(35)38(36)17-13-32;1-2/h6-7,10-17,24,31-32,40H,2,5,8-9,18-23,25-28H2,1,3-4H3;1-2H3. The molecule has 1 aliphatic heterocycles. The highest BCUT2D eigenvalue weighted by atomic mass is 15.2. The molecular weight excluding hydrogens is 534 g/mol. The molecule has 1 saturated carbocycles. The first-order chi connectivity index (χ1) is 21.4. The molecule has 1 saturated heterocycles. The van der Waals surface area contributed by atoms with E-state index in [-0.39, 0.29) is 5.54 Å². The lowest BCUT2D eigenvalue weighted by atomic mass is 9.80. The van der Waals surface area contributed by atoms with Gasteiger partial charge in [0.05, 0.1) is 0 Å². The van der Waals surface area contributed by atoms with Gasteiger partial charge in [0.25, 0.3) is 0 Å². The highest BCUT2D eigenvalue weighted by Crippen LogP contribution is 2.37. The molecule has 0 spiro atoms. The summed E-state index contributed by atoms with van der Waals surface area (Å²) in [6.45, 7) is 15.3. The van der Waals surface area contributed by atoms with E-state index in [2.05, 4.69) is 109 Å². The van der Waals surface area contributed by atoms with Gasteiger partial charge in [-0.2, -0.15) is 0 Å². The third-order valence-corrected chi connectivity index (χ3v) is 10.8. The number of aryl methyl sites for hydroxylation is 1. The molecule has 0 radical (unpaired) electrons. The van der Waals surface area contributed by atoms with Gasteiger partial charge in [-0.25, -0.2) is 0 Å². The van der Waals surface area contributed by atoms with Crippen molar-refractivity contribution in [3.8, 4) is 0 Å². The fourth-order valence-corrected chi connectivity index (χ4v) is 7.86. The lowest BCUT2D eigenvalue weighted by molar-refractivity contribution is 0.103. The van der Waals surface area contributed by atoms with Gasteiger partial charge in [0.1, 0.15) is 0 Å². The lowest BCUT2D eigenvalue weighted by Gasteiger charge is -2.43. The van der Waals surface area contributed by atoms with E-state index in [1.54, 1.807) is 0 Å². The maximum Gasteiger partial charge on any atom is 0.0375 e. The fraction of sp³-hybridized carbons (Fsp3) is 0.512. The van der Waals surface area contributed by atoms with Crippen molar-refractivity contribution in [2.24, 2.45) is 11.8 Å². The van der Waals surface area contributed by atoms with E-state index in [1.165, 1.54) is 103 Å². The van der Waals surface area contributed by atoms with E-state index in [1.807, 2.05) is 13.8 Å². The van der Waals surface area contributed by atoms with Crippen molar-refractivity contribution in [3.05, 3.63) is 107 Å². The molecule has 44 heavy (non-hydrogen) atoms. The van der Waals surface area contributed by atoms with E-state index < -0.39 is 0 Å². The summed E-state index contributed by atoms with van der Waals surface area (Å²) in [6, 6.07) is 15.9. The van der Waals surface area contributed by atoms with Gasteiger partial charge in [-0.3, -0.25) is 0 Å². The SMILES string of the molecule is C=C(NCC1(N(C)C)CCCCC1)c1ccc(CC2CCN(CC3C=CC4=C(C=C3)c3ccccc3C4)CC2)c(C)c1.CC.